The molecule has 6 nitrogen and oxygen atoms in total. The third-order valence-electron chi connectivity index (χ3n) is 5.13. The second-order valence-corrected chi connectivity index (χ2v) is 11.0. The third-order valence-corrected chi connectivity index (χ3v) is 8.51. The van der Waals surface area contributed by atoms with Crippen molar-refractivity contribution in [2.24, 2.45) is 0 Å². The Bertz CT molecular complexity index is 1360. The maximum absolute atomic E-state index is 13.0. The van der Waals surface area contributed by atoms with E-state index in [0.29, 0.717) is 33.5 Å². The quantitative estimate of drug-likeness (QED) is 0.388. The minimum absolute atomic E-state index is 0.0984. The van der Waals surface area contributed by atoms with Crippen molar-refractivity contribution in [2.75, 3.05) is 7.11 Å². The third kappa shape index (κ3) is 5.65. The fraction of sp³-hybridized carbons (Fsp3) is 0.200. The Labute approximate surface area is 197 Å². The number of thiophene rings is 1. The van der Waals surface area contributed by atoms with Crippen molar-refractivity contribution in [3.63, 3.8) is 0 Å². The molecule has 0 aliphatic rings. The van der Waals surface area contributed by atoms with Gasteiger partial charge in [-0.3, -0.25) is 0 Å². The van der Waals surface area contributed by atoms with E-state index in [1.165, 1.54) is 11.3 Å². The zero-order valence-electron chi connectivity index (χ0n) is 18.3. The monoisotopic (exact) mass is 480 g/mol. The maximum Gasteiger partial charge on any atom is 0.191 e. The number of ether oxygens (including phenoxy) is 1. The zero-order chi connectivity index (χ0) is 23.4. The number of rotatable bonds is 8. The molecule has 4 rings (SSSR count). The van der Waals surface area contributed by atoms with Gasteiger partial charge in [0.25, 0.3) is 0 Å². The first-order valence-electron chi connectivity index (χ1n) is 10.4. The molecule has 0 saturated carbocycles. The van der Waals surface area contributed by atoms with Gasteiger partial charge in [-0.1, -0.05) is 36.4 Å². The number of hydrogen-bond acceptors (Lipinski definition) is 7. The summed E-state index contributed by atoms with van der Waals surface area (Å²) in [5, 5.41) is 9.81. The van der Waals surface area contributed by atoms with E-state index in [-0.39, 0.29) is 5.75 Å². The number of benzene rings is 2. The highest BCUT2D eigenvalue weighted by Crippen LogP contribution is 2.32. The average Bonchev–Trinajstić information content (AvgIpc) is 3.31. The molecule has 0 bridgehead atoms. The number of methoxy groups -OCH3 is 1. The smallest absolute Gasteiger partial charge is 0.191 e. The van der Waals surface area contributed by atoms with Crippen molar-refractivity contribution < 1.29 is 18.3 Å². The van der Waals surface area contributed by atoms with Gasteiger partial charge in [-0.05, 0) is 53.9 Å². The van der Waals surface area contributed by atoms with Crippen LogP contribution in [0.5, 0.6) is 5.75 Å². The first-order chi connectivity index (χ1) is 15.8. The summed E-state index contributed by atoms with van der Waals surface area (Å²) in [7, 11) is -1.95. The van der Waals surface area contributed by atoms with Crippen molar-refractivity contribution in [1.29, 1.82) is 0 Å². The number of aromatic nitrogens is 2. The number of nitrogens with zero attached hydrogens (tertiary/aromatic N) is 2. The van der Waals surface area contributed by atoms with E-state index in [9.17, 15) is 13.5 Å². The second-order valence-electron chi connectivity index (χ2n) is 7.69. The van der Waals surface area contributed by atoms with E-state index in [0.717, 1.165) is 16.0 Å². The Morgan fingerprint density at radius 2 is 1.82 bits per heavy atom. The van der Waals surface area contributed by atoms with Crippen molar-refractivity contribution in [2.45, 2.75) is 29.4 Å². The lowest BCUT2D eigenvalue weighted by atomic mass is 10.0. The molecule has 170 valence electrons. The van der Waals surface area contributed by atoms with Gasteiger partial charge >= 0.3 is 0 Å². The van der Waals surface area contributed by atoms with E-state index < -0.39 is 15.9 Å². The molecule has 4 aromatic rings. The standard InChI is InChI=1S/C25H24N2O4S2/c1-17(28)20-7-3-5-18(13-20)15-24-26-12-11-22(27-24)23-9-10-25(32-23)33(29,30)16-19-6-4-8-21(14-19)31-2/h3-14,17,28H,15-16H2,1-2H3. The predicted molar refractivity (Wildman–Crippen MR) is 129 cm³/mol. The Balaban J connectivity index is 1.54. The molecule has 8 heteroatoms. The SMILES string of the molecule is COc1cccc(CS(=O)(=O)c2ccc(-c3ccnc(Cc4cccc(C(C)O)c4)n3)s2)c1. The fourth-order valence-corrected chi connectivity index (χ4v) is 6.14. The highest BCUT2D eigenvalue weighted by molar-refractivity contribution is 7.92. The molecule has 2 heterocycles. The second kappa shape index (κ2) is 9.82. The highest BCUT2D eigenvalue weighted by Gasteiger charge is 2.19. The lowest BCUT2D eigenvalue weighted by Gasteiger charge is -2.07. The van der Waals surface area contributed by atoms with Gasteiger partial charge in [-0.15, -0.1) is 11.3 Å². The number of sulfone groups is 1. The van der Waals surface area contributed by atoms with Crippen LogP contribution in [0.15, 0.2) is 77.1 Å². The van der Waals surface area contributed by atoms with Crippen LogP contribution in [0.3, 0.4) is 0 Å². The lowest BCUT2D eigenvalue weighted by molar-refractivity contribution is 0.199. The van der Waals surface area contributed by atoms with Gasteiger partial charge in [0.2, 0.25) is 0 Å². The summed E-state index contributed by atoms with van der Waals surface area (Å²) < 4.78 is 31.4. The summed E-state index contributed by atoms with van der Waals surface area (Å²) in [5.41, 5.74) is 3.19. The minimum atomic E-state index is -3.50. The molecule has 1 unspecified atom stereocenters. The van der Waals surface area contributed by atoms with Crippen LogP contribution in [-0.2, 0) is 22.0 Å². The molecule has 2 aromatic heterocycles. The number of aliphatic hydroxyl groups excluding tert-OH is 1. The van der Waals surface area contributed by atoms with Crippen LogP contribution in [0.2, 0.25) is 0 Å². The highest BCUT2D eigenvalue weighted by atomic mass is 32.2. The summed E-state index contributed by atoms with van der Waals surface area (Å²) in [4.78, 5) is 9.77. The van der Waals surface area contributed by atoms with E-state index in [1.54, 1.807) is 62.7 Å². The molecule has 2 aromatic carbocycles. The number of aliphatic hydroxyl groups is 1. The van der Waals surface area contributed by atoms with Crippen LogP contribution in [0.4, 0.5) is 0 Å². The first kappa shape index (κ1) is 23.1. The Kier molecular flexibility index (Phi) is 6.88. The minimum Gasteiger partial charge on any atom is -0.497 e. The van der Waals surface area contributed by atoms with Gasteiger partial charge in [0, 0.05) is 12.6 Å². The van der Waals surface area contributed by atoms with Crippen molar-refractivity contribution in [3.8, 4) is 16.3 Å². The van der Waals surface area contributed by atoms with E-state index >= 15 is 0 Å². The topological polar surface area (TPSA) is 89.4 Å². The molecule has 0 aliphatic heterocycles. The van der Waals surface area contributed by atoms with Crippen LogP contribution in [0.1, 0.15) is 35.5 Å². The largest absolute Gasteiger partial charge is 0.497 e. The summed E-state index contributed by atoms with van der Waals surface area (Å²) >= 11 is 1.20. The summed E-state index contributed by atoms with van der Waals surface area (Å²) in [6, 6.07) is 19.9. The first-order valence-corrected chi connectivity index (χ1v) is 12.9. The summed E-state index contributed by atoms with van der Waals surface area (Å²) in [6.45, 7) is 1.73. The zero-order valence-corrected chi connectivity index (χ0v) is 19.9. The molecule has 0 amide bonds. The van der Waals surface area contributed by atoms with Crippen LogP contribution in [-0.4, -0.2) is 30.6 Å². The van der Waals surface area contributed by atoms with Gasteiger partial charge in [0.05, 0.1) is 29.5 Å². The van der Waals surface area contributed by atoms with E-state index in [2.05, 4.69) is 9.97 Å². The molecule has 0 fully saturated rings. The molecular formula is C25H24N2O4S2. The Morgan fingerprint density at radius 1 is 1.03 bits per heavy atom. The van der Waals surface area contributed by atoms with E-state index in [4.69, 9.17) is 4.74 Å². The molecule has 0 spiro atoms. The molecule has 0 aliphatic carbocycles. The van der Waals surface area contributed by atoms with Crippen molar-refractivity contribution >= 4 is 21.2 Å². The molecular weight excluding hydrogens is 456 g/mol. The predicted octanol–water partition coefficient (Wildman–Crippen LogP) is 4.83. The van der Waals surface area contributed by atoms with Gasteiger partial charge in [0.1, 0.15) is 15.8 Å². The van der Waals surface area contributed by atoms with Crippen LogP contribution in [0.25, 0.3) is 10.6 Å². The Hall–Kier alpha value is -3.07. The molecule has 0 saturated heterocycles. The molecule has 0 radical (unpaired) electrons. The van der Waals surface area contributed by atoms with Gasteiger partial charge < -0.3 is 9.84 Å². The number of hydrogen-bond donors (Lipinski definition) is 1. The van der Waals surface area contributed by atoms with Crippen LogP contribution < -0.4 is 4.74 Å². The molecule has 1 atom stereocenters. The molecule has 1 N–H and O–H groups in total. The van der Waals surface area contributed by atoms with Crippen LogP contribution >= 0.6 is 11.3 Å². The average molecular weight is 481 g/mol. The normalized spacial score (nSPS) is 12.5. The summed E-state index contributed by atoms with van der Waals surface area (Å²) in [6.07, 6.45) is 1.65. The van der Waals surface area contributed by atoms with Crippen LogP contribution in [0, 0.1) is 0 Å². The van der Waals surface area contributed by atoms with E-state index in [1.807, 2.05) is 24.3 Å². The van der Waals surface area contributed by atoms with Gasteiger partial charge in [0.15, 0.2) is 9.84 Å². The maximum atomic E-state index is 13.0. The Morgan fingerprint density at radius 3 is 2.61 bits per heavy atom. The van der Waals surface area contributed by atoms with Gasteiger partial charge in [-0.2, -0.15) is 0 Å². The van der Waals surface area contributed by atoms with Crippen molar-refractivity contribution in [1.82, 2.24) is 9.97 Å². The fourth-order valence-electron chi connectivity index (χ4n) is 3.44. The van der Waals surface area contributed by atoms with Gasteiger partial charge in [-0.25, -0.2) is 18.4 Å². The van der Waals surface area contributed by atoms with Crippen molar-refractivity contribution in [3.05, 3.63) is 95.4 Å². The molecule has 33 heavy (non-hydrogen) atoms. The summed E-state index contributed by atoms with van der Waals surface area (Å²) in [5.74, 6) is 1.16. The lowest BCUT2D eigenvalue weighted by Crippen LogP contribution is -2.03.